The summed E-state index contributed by atoms with van der Waals surface area (Å²) in [4.78, 5) is 33.8. The summed E-state index contributed by atoms with van der Waals surface area (Å²) < 4.78 is 5.45. The van der Waals surface area contributed by atoms with Crippen LogP contribution in [0.2, 0.25) is 0 Å². The minimum atomic E-state index is -0.00250. The molecule has 3 amide bonds. The largest absolute Gasteiger partial charge is 0.381 e. The van der Waals surface area contributed by atoms with Crippen LogP contribution in [0.3, 0.4) is 0 Å². The van der Waals surface area contributed by atoms with Gasteiger partial charge in [0.25, 0.3) is 0 Å². The number of hydrogen-bond acceptors (Lipinski definition) is 4. The first-order valence-electron chi connectivity index (χ1n) is 10.3. The molecule has 26 heavy (non-hydrogen) atoms. The van der Waals surface area contributed by atoms with Crippen molar-refractivity contribution in [3.05, 3.63) is 0 Å². The van der Waals surface area contributed by atoms with Gasteiger partial charge in [0.05, 0.1) is 6.04 Å². The molecule has 3 fully saturated rings. The average Bonchev–Trinajstić information content (AvgIpc) is 2.70. The maximum Gasteiger partial charge on any atom is 0.320 e. The number of nitrogens with zero attached hydrogens (tertiary/aromatic N) is 4. The quantitative estimate of drug-likeness (QED) is 0.751. The third-order valence-electron chi connectivity index (χ3n) is 6.14. The maximum atomic E-state index is 13.1. The summed E-state index contributed by atoms with van der Waals surface area (Å²) in [5, 5.41) is 0. The highest BCUT2D eigenvalue weighted by Gasteiger charge is 2.38. The summed E-state index contributed by atoms with van der Waals surface area (Å²) in [5.74, 6) is 0.298. The van der Waals surface area contributed by atoms with Crippen molar-refractivity contribution in [2.75, 3.05) is 59.0 Å². The molecule has 3 saturated heterocycles. The average molecular weight is 367 g/mol. The molecule has 0 aliphatic carbocycles. The Bertz CT molecular complexity index is 483. The van der Waals surface area contributed by atoms with Gasteiger partial charge in [-0.2, -0.15) is 0 Å². The molecule has 0 aromatic rings. The zero-order valence-electron chi connectivity index (χ0n) is 16.4. The lowest BCUT2D eigenvalue weighted by atomic mass is 9.97. The molecular formula is C19H34N4O3. The first-order valence-corrected chi connectivity index (χ1v) is 10.3. The zero-order chi connectivity index (χ0) is 18.5. The second-order valence-corrected chi connectivity index (χ2v) is 7.51. The fourth-order valence-corrected chi connectivity index (χ4v) is 4.50. The minimum absolute atomic E-state index is 0.00250. The van der Waals surface area contributed by atoms with Crippen LogP contribution in [0.1, 0.15) is 39.5 Å². The van der Waals surface area contributed by atoms with Crippen molar-refractivity contribution in [1.82, 2.24) is 19.6 Å². The predicted octanol–water partition coefficient (Wildman–Crippen LogP) is 1.24. The van der Waals surface area contributed by atoms with Crippen LogP contribution in [0.15, 0.2) is 0 Å². The molecule has 0 saturated carbocycles. The van der Waals surface area contributed by atoms with E-state index in [4.69, 9.17) is 4.74 Å². The SMILES string of the molecule is CCN(CC)C(=O)N1CCN([C@@H]2CCCN(C3CCOCC3)C2=O)CC1. The number of amides is 3. The molecule has 0 unspecified atom stereocenters. The number of piperidine rings is 1. The molecule has 0 aromatic carbocycles. The monoisotopic (exact) mass is 366 g/mol. The lowest BCUT2D eigenvalue weighted by molar-refractivity contribution is -0.145. The lowest BCUT2D eigenvalue weighted by Crippen LogP contribution is -2.61. The predicted molar refractivity (Wildman–Crippen MR) is 100 cm³/mol. The molecule has 1 atom stereocenters. The van der Waals surface area contributed by atoms with Crippen molar-refractivity contribution in [2.24, 2.45) is 0 Å². The van der Waals surface area contributed by atoms with Gasteiger partial charge in [-0.15, -0.1) is 0 Å². The van der Waals surface area contributed by atoms with Crippen molar-refractivity contribution >= 4 is 11.9 Å². The molecule has 3 rings (SSSR count). The standard InChI is InChI=1S/C19H34N4O3/c1-3-20(4-2)19(25)22-12-10-21(11-13-22)17-6-5-9-23(18(17)24)16-7-14-26-15-8-16/h16-17H,3-15H2,1-2H3/t17-/m1/s1. The van der Waals surface area contributed by atoms with Gasteiger partial charge < -0.3 is 19.4 Å². The van der Waals surface area contributed by atoms with Crippen molar-refractivity contribution in [2.45, 2.75) is 51.6 Å². The fraction of sp³-hybridized carbons (Fsp3) is 0.895. The first kappa shape index (κ1) is 19.4. The molecule has 3 aliphatic rings. The minimum Gasteiger partial charge on any atom is -0.381 e. The Morgan fingerprint density at radius 2 is 1.69 bits per heavy atom. The normalized spacial score (nSPS) is 26.2. The van der Waals surface area contributed by atoms with Gasteiger partial charge in [-0.25, -0.2) is 4.79 Å². The van der Waals surface area contributed by atoms with E-state index >= 15 is 0 Å². The number of piperazine rings is 1. The van der Waals surface area contributed by atoms with Crippen molar-refractivity contribution < 1.29 is 14.3 Å². The van der Waals surface area contributed by atoms with E-state index in [9.17, 15) is 9.59 Å². The highest BCUT2D eigenvalue weighted by Crippen LogP contribution is 2.24. The Morgan fingerprint density at radius 1 is 1.04 bits per heavy atom. The molecule has 7 heteroatoms. The van der Waals surface area contributed by atoms with E-state index in [1.807, 2.05) is 23.6 Å². The molecule has 0 radical (unpaired) electrons. The Kier molecular flexibility index (Phi) is 6.75. The third-order valence-corrected chi connectivity index (χ3v) is 6.14. The Labute approximate surface area is 157 Å². The smallest absolute Gasteiger partial charge is 0.320 e. The van der Waals surface area contributed by atoms with Gasteiger partial charge in [-0.05, 0) is 39.5 Å². The van der Waals surface area contributed by atoms with Crippen LogP contribution in [0.25, 0.3) is 0 Å². The maximum absolute atomic E-state index is 13.1. The number of likely N-dealkylation sites (tertiary alicyclic amines) is 1. The molecule has 0 aromatic heterocycles. The summed E-state index contributed by atoms with van der Waals surface area (Å²) in [7, 11) is 0. The van der Waals surface area contributed by atoms with Gasteiger partial charge in [0.1, 0.15) is 0 Å². The molecule has 148 valence electrons. The summed E-state index contributed by atoms with van der Waals surface area (Å²) in [6.45, 7) is 11.0. The second kappa shape index (κ2) is 9.04. The Morgan fingerprint density at radius 3 is 2.31 bits per heavy atom. The molecule has 7 nitrogen and oxygen atoms in total. The molecule has 0 N–H and O–H groups in total. The number of rotatable bonds is 4. The third kappa shape index (κ3) is 4.14. The van der Waals surface area contributed by atoms with Crippen molar-refractivity contribution in [1.29, 1.82) is 0 Å². The summed E-state index contributed by atoms with van der Waals surface area (Å²) in [6.07, 6.45) is 3.95. The van der Waals surface area contributed by atoms with Crippen LogP contribution in [0.5, 0.6) is 0 Å². The zero-order valence-corrected chi connectivity index (χ0v) is 16.4. The number of urea groups is 1. The van der Waals surface area contributed by atoms with Crippen LogP contribution < -0.4 is 0 Å². The summed E-state index contributed by atoms with van der Waals surface area (Å²) in [6, 6.07) is 0.482. The van der Waals surface area contributed by atoms with E-state index in [0.29, 0.717) is 11.9 Å². The van der Waals surface area contributed by atoms with E-state index in [0.717, 1.165) is 84.7 Å². The van der Waals surface area contributed by atoms with Gasteiger partial charge in [-0.3, -0.25) is 9.69 Å². The number of ether oxygens (including phenoxy) is 1. The second-order valence-electron chi connectivity index (χ2n) is 7.51. The van der Waals surface area contributed by atoms with Crippen LogP contribution in [-0.2, 0) is 9.53 Å². The first-order chi connectivity index (χ1) is 12.7. The highest BCUT2D eigenvalue weighted by molar-refractivity contribution is 5.83. The van der Waals surface area contributed by atoms with Gasteiger partial charge in [-0.1, -0.05) is 0 Å². The van der Waals surface area contributed by atoms with E-state index in [1.54, 1.807) is 0 Å². The van der Waals surface area contributed by atoms with Gasteiger partial charge >= 0.3 is 6.03 Å². The molecule has 3 aliphatic heterocycles. The van der Waals surface area contributed by atoms with Gasteiger partial charge in [0.15, 0.2) is 0 Å². The molecule has 0 spiro atoms. The molecular weight excluding hydrogens is 332 g/mol. The molecule has 3 heterocycles. The van der Waals surface area contributed by atoms with E-state index < -0.39 is 0 Å². The van der Waals surface area contributed by atoms with Crippen LogP contribution in [0, 0.1) is 0 Å². The van der Waals surface area contributed by atoms with E-state index in [-0.39, 0.29) is 12.1 Å². The van der Waals surface area contributed by atoms with E-state index in [2.05, 4.69) is 9.80 Å². The van der Waals surface area contributed by atoms with Crippen molar-refractivity contribution in [3.8, 4) is 0 Å². The Hall–Kier alpha value is -1.34. The summed E-state index contributed by atoms with van der Waals surface area (Å²) in [5.41, 5.74) is 0. The van der Waals surface area contributed by atoms with Crippen LogP contribution >= 0.6 is 0 Å². The number of hydrogen-bond donors (Lipinski definition) is 0. The summed E-state index contributed by atoms with van der Waals surface area (Å²) >= 11 is 0. The van der Waals surface area contributed by atoms with E-state index in [1.165, 1.54) is 0 Å². The van der Waals surface area contributed by atoms with Crippen LogP contribution in [0.4, 0.5) is 4.79 Å². The molecule has 0 bridgehead atoms. The van der Waals surface area contributed by atoms with Gasteiger partial charge in [0, 0.05) is 65.1 Å². The lowest BCUT2D eigenvalue weighted by Gasteiger charge is -2.45. The van der Waals surface area contributed by atoms with Gasteiger partial charge in [0.2, 0.25) is 5.91 Å². The van der Waals surface area contributed by atoms with Crippen molar-refractivity contribution in [3.63, 3.8) is 0 Å². The van der Waals surface area contributed by atoms with Crippen LogP contribution in [-0.4, -0.2) is 103 Å². The Balaban J connectivity index is 1.55. The topological polar surface area (TPSA) is 56.3 Å². The number of carbonyl (C=O) groups is 2. The fourth-order valence-electron chi connectivity index (χ4n) is 4.50. The number of carbonyl (C=O) groups excluding carboxylic acids is 2. The highest BCUT2D eigenvalue weighted by atomic mass is 16.5.